The molecule has 1 aliphatic rings. The van der Waals surface area contributed by atoms with E-state index >= 15 is 0 Å². The fourth-order valence-electron chi connectivity index (χ4n) is 0.974. The summed E-state index contributed by atoms with van der Waals surface area (Å²) in [6.07, 6.45) is 0. The summed E-state index contributed by atoms with van der Waals surface area (Å²) < 4.78 is 4.88. The van der Waals surface area contributed by atoms with Crippen molar-refractivity contribution in [3.05, 3.63) is 0 Å². The Hall–Kier alpha value is -0.0300. The Morgan fingerprint density at radius 2 is 1.75 bits per heavy atom. The summed E-state index contributed by atoms with van der Waals surface area (Å²) >= 11 is 0. The molecule has 2 atom stereocenters. The predicted octanol–water partition coefficient (Wildman–Crippen LogP) is -0.180. The number of nitrogens with two attached hydrogens (primary N) is 2. The van der Waals surface area contributed by atoms with Crippen molar-refractivity contribution in [2.24, 2.45) is 11.5 Å². The van der Waals surface area contributed by atoms with Gasteiger partial charge in [-0.15, -0.1) is 24.8 Å². The van der Waals surface area contributed by atoms with Crippen molar-refractivity contribution >= 4 is 30.8 Å². The lowest BCUT2D eigenvalue weighted by Crippen LogP contribution is -2.49. The first-order chi connectivity index (χ1) is 4.45. The van der Waals surface area contributed by atoms with Gasteiger partial charge >= 0.3 is 5.97 Å². The maximum absolute atomic E-state index is 10.8. The molecule has 6 heteroatoms. The molecular weight excluding hydrogens is 203 g/mol. The van der Waals surface area contributed by atoms with Crippen LogP contribution in [-0.2, 0) is 9.53 Å². The molecule has 74 valence electrons. The Morgan fingerprint density at radius 3 is 1.83 bits per heavy atom. The molecule has 1 heterocycles. The minimum Gasteiger partial charge on any atom is -0.457 e. The Kier molecular flexibility index (Phi) is 5.16. The molecule has 0 unspecified atom stereocenters. The third-order valence-electron chi connectivity index (χ3n) is 1.83. The topological polar surface area (TPSA) is 78.3 Å². The SMILES string of the molecule is CC1(C)OC(=O)[C@H](N)[C@H]1N.Cl.Cl. The molecule has 4 N–H and O–H groups in total. The van der Waals surface area contributed by atoms with Gasteiger partial charge in [0.05, 0.1) is 6.04 Å². The van der Waals surface area contributed by atoms with E-state index in [9.17, 15) is 4.79 Å². The van der Waals surface area contributed by atoms with Crippen molar-refractivity contribution in [1.82, 2.24) is 0 Å². The first kappa shape index (κ1) is 14.5. The minimum atomic E-state index is -0.657. The van der Waals surface area contributed by atoms with Crippen molar-refractivity contribution in [2.45, 2.75) is 31.5 Å². The number of cyclic esters (lactones) is 1. The second-order valence-corrected chi connectivity index (χ2v) is 3.08. The third kappa shape index (κ3) is 2.23. The monoisotopic (exact) mass is 216 g/mol. The van der Waals surface area contributed by atoms with Crippen LogP contribution in [0.2, 0.25) is 0 Å². The number of ether oxygens (including phenoxy) is 1. The number of carbonyl (C=O) groups excluding carboxylic acids is 1. The normalized spacial score (nSPS) is 31.5. The van der Waals surface area contributed by atoms with E-state index in [1.807, 2.05) is 0 Å². The summed E-state index contributed by atoms with van der Waals surface area (Å²) in [6, 6.07) is -1.05. The number of esters is 1. The number of hydrogen-bond donors (Lipinski definition) is 2. The zero-order valence-corrected chi connectivity index (χ0v) is 8.58. The predicted molar refractivity (Wildman–Crippen MR) is 50.6 cm³/mol. The summed E-state index contributed by atoms with van der Waals surface area (Å²) in [4.78, 5) is 10.8. The van der Waals surface area contributed by atoms with Crippen molar-refractivity contribution in [2.75, 3.05) is 0 Å². The maximum Gasteiger partial charge on any atom is 0.325 e. The standard InChI is InChI=1S/C6H12N2O2.2ClH/c1-6(2)4(8)3(7)5(9)10-6;;/h3-4H,7-8H2,1-2H3;2*1H/t3-,4-;;/m1../s1. The van der Waals surface area contributed by atoms with Gasteiger partial charge in [-0.1, -0.05) is 0 Å². The van der Waals surface area contributed by atoms with Gasteiger partial charge in [-0.3, -0.25) is 4.79 Å². The van der Waals surface area contributed by atoms with E-state index in [0.717, 1.165) is 0 Å². The van der Waals surface area contributed by atoms with Gasteiger partial charge in [0.25, 0.3) is 0 Å². The number of carbonyl (C=O) groups is 1. The van der Waals surface area contributed by atoms with Crippen molar-refractivity contribution in [1.29, 1.82) is 0 Å². The maximum atomic E-state index is 10.8. The van der Waals surface area contributed by atoms with Crippen LogP contribution in [0, 0.1) is 0 Å². The molecule has 0 spiro atoms. The lowest BCUT2D eigenvalue weighted by Gasteiger charge is -2.21. The quantitative estimate of drug-likeness (QED) is 0.551. The van der Waals surface area contributed by atoms with Crippen LogP contribution in [0.15, 0.2) is 0 Å². The van der Waals surface area contributed by atoms with E-state index in [-0.39, 0.29) is 30.9 Å². The van der Waals surface area contributed by atoms with E-state index in [0.29, 0.717) is 0 Å². The molecule has 0 bridgehead atoms. The fraction of sp³-hybridized carbons (Fsp3) is 0.833. The van der Waals surface area contributed by atoms with Crippen LogP contribution in [0.4, 0.5) is 0 Å². The number of rotatable bonds is 0. The second kappa shape index (κ2) is 4.28. The van der Waals surface area contributed by atoms with Crippen LogP contribution >= 0.6 is 24.8 Å². The molecule has 1 rings (SSSR count). The highest BCUT2D eigenvalue weighted by Gasteiger charge is 2.45. The molecule has 12 heavy (non-hydrogen) atoms. The second-order valence-electron chi connectivity index (χ2n) is 3.08. The molecule has 1 aliphatic heterocycles. The minimum absolute atomic E-state index is 0. The summed E-state index contributed by atoms with van der Waals surface area (Å²) in [7, 11) is 0. The van der Waals surface area contributed by atoms with E-state index in [2.05, 4.69) is 0 Å². The van der Waals surface area contributed by atoms with Crippen LogP contribution in [0.25, 0.3) is 0 Å². The van der Waals surface area contributed by atoms with Gasteiger partial charge in [-0.05, 0) is 13.8 Å². The molecule has 0 amide bonds. The Labute approximate surface area is 83.8 Å². The fourth-order valence-corrected chi connectivity index (χ4v) is 0.974. The molecule has 0 saturated carbocycles. The van der Waals surface area contributed by atoms with Gasteiger partial charge in [-0.25, -0.2) is 0 Å². The van der Waals surface area contributed by atoms with Gasteiger partial charge in [0, 0.05) is 0 Å². The lowest BCUT2D eigenvalue weighted by molar-refractivity contribution is -0.146. The number of halogens is 2. The molecule has 0 aromatic heterocycles. The first-order valence-corrected chi connectivity index (χ1v) is 3.19. The highest BCUT2D eigenvalue weighted by molar-refractivity contribution is 5.85. The average molecular weight is 217 g/mol. The Bertz CT molecular complexity index is 175. The Balaban J connectivity index is 0. The van der Waals surface area contributed by atoms with Crippen LogP contribution in [0.5, 0.6) is 0 Å². The molecule has 0 aromatic rings. The van der Waals surface area contributed by atoms with E-state index in [1.165, 1.54) is 0 Å². The van der Waals surface area contributed by atoms with E-state index in [4.69, 9.17) is 16.2 Å². The highest BCUT2D eigenvalue weighted by atomic mass is 35.5. The van der Waals surface area contributed by atoms with E-state index in [1.54, 1.807) is 13.8 Å². The van der Waals surface area contributed by atoms with Crippen LogP contribution in [0.1, 0.15) is 13.8 Å². The van der Waals surface area contributed by atoms with Gasteiger partial charge in [0.1, 0.15) is 11.6 Å². The lowest BCUT2D eigenvalue weighted by atomic mass is 9.97. The molecule has 0 aliphatic carbocycles. The molecular formula is C6H14Cl2N2O2. The summed E-state index contributed by atoms with van der Waals surface area (Å²) in [5.74, 6) is -0.405. The van der Waals surface area contributed by atoms with E-state index < -0.39 is 17.6 Å². The Morgan fingerprint density at radius 1 is 1.33 bits per heavy atom. The van der Waals surface area contributed by atoms with Crippen LogP contribution in [-0.4, -0.2) is 23.7 Å². The summed E-state index contributed by atoms with van der Waals surface area (Å²) in [5.41, 5.74) is 10.4. The zero-order chi connectivity index (χ0) is 7.94. The molecule has 0 radical (unpaired) electrons. The summed E-state index contributed by atoms with van der Waals surface area (Å²) in [5, 5.41) is 0. The van der Waals surface area contributed by atoms with Gasteiger partial charge in [-0.2, -0.15) is 0 Å². The van der Waals surface area contributed by atoms with Crippen molar-refractivity contribution in [3.8, 4) is 0 Å². The molecule has 1 saturated heterocycles. The van der Waals surface area contributed by atoms with Crippen LogP contribution in [0.3, 0.4) is 0 Å². The zero-order valence-electron chi connectivity index (χ0n) is 6.94. The molecule has 1 fully saturated rings. The largest absolute Gasteiger partial charge is 0.457 e. The molecule has 0 aromatic carbocycles. The third-order valence-corrected chi connectivity index (χ3v) is 1.83. The molecule has 4 nitrogen and oxygen atoms in total. The van der Waals surface area contributed by atoms with Gasteiger partial charge < -0.3 is 16.2 Å². The highest BCUT2D eigenvalue weighted by Crippen LogP contribution is 2.23. The average Bonchev–Trinajstić information content (AvgIpc) is 1.95. The van der Waals surface area contributed by atoms with Gasteiger partial charge in [0.2, 0.25) is 0 Å². The van der Waals surface area contributed by atoms with Gasteiger partial charge in [0.15, 0.2) is 0 Å². The van der Waals surface area contributed by atoms with Crippen molar-refractivity contribution in [3.63, 3.8) is 0 Å². The van der Waals surface area contributed by atoms with Crippen molar-refractivity contribution < 1.29 is 9.53 Å². The smallest absolute Gasteiger partial charge is 0.325 e. The number of hydrogen-bond acceptors (Lipinski definition) is 4. The van der Waals surface area contributed by atoms with Crippen LogP contribution < -0.4 is 11.5 Å². The first-order valence-electron chi connectivity index (χ1n) is 3.19. The summed E-state index contributed by atoms with van der Waals surface area (Å²) in [6.45, 7) is 3.50.